The maximum absolute atomic E-state index is 10.5. The number of hydrogen-bond acceptors (Lipinski definition) is 3. The Balaban J connectivity index is 0.000000226. The smallest absolute Gasteiger partial charge is 0.320 e. The second-order valence-electron chi connectivity index (χ2n) is 3.07. The molecule has 4 heteroatoms. The van der Waals surface area contributed by atoms with Gasteiger partial charge in [-0.2, -0.15) is 0 Å². The number of hydrogen-bond donors (Lipinski definition) is 2. The van der Waals surface area contributed by atoms with Crippen molar-refractivity contribution in [2.45, 2.75) is 26.3 Å². The average molecular weight is 185 g/mol. The molecule has 4 nitrogen and oxygen atoms in total. The Hall–Kier alpha value is -1.16. The maximum Gasteiger partial charge on any atom is 0.320 e. The lowest BCUT2D eigenvalue weighted by molar-refractivity contribution is -0.138. The van der Waals surface area contributed by atoms with Gasteiger partial charge < -0.3 is 10.8 Å². The predicted molar refractivity (Wildman–Crippen MR) is 49.2 cm³/mol. The lowest BCUT2D eigenvalue weighted by Gasteiger charge is -1.91. The summed E-state index contributed by atoms with van der Waals surface area (Å²) < 4.78 is 0. The van der Waals surface area contributed by atoms with Crippen LogP contribution < -0.4 is 5.73 Å². The van der Waals surface area contributed by atoms with Crippen molar-refractivity contribution in [3.8, 4) is 0 Å². The quantitative estimate of drug-likeness (QED) is 0.625. The van der Waals surface area contributed by atoms with Crippen LogP contribution >= 0.6 is 0 Å². The van der Waals surface area contributed by atoms with E-state index in [9.17, 15) is 9.59 Å². The largest absolute Gasteiger partial charge is 0.480 e. The number of carbonyl (C=O) groups excluding carboxylic acids is 1. The van der Waals surface area contributed by atoms with E-state index in [2.05, 4.69) is 0 Å². The number of allylic oxidation sites excluding steroid dienone is 2. The third-order valence-electron chi connectivity index (χ3n) is 1.65. The van der Waals surface area contributed by atoms with Crippen LogP contribution in [-0.2, 0) is 9.59 Å². The first-order valence-corrected chi connectivity index (χ1v) is 4.14. The van der Waals surface area contributed by atoms with Gasteiger partial charge in [-0.3, -0.25) is 9.59 Å². The summed E-state index contributed by atoms with van der Waals surface area (Å²) in [7, 11) is 0. The van der Waals surface area contributed by atoms with Crippen molar-refractivity contribution in [3.63, 3.8) is 0 Å². The number of carboxylic acids is 1. The molecule has 3 N–H and O–H groups in total. The normalized spacial score (nSPS) is 22.1. The number of carbonyl (C=O) groups is 2. The molecule has 0 aliphatic heterocycles. The van der Waals surface area contributed by atoms with E-state index in [1.54, 1.807) is 6.08 Å². The van der Waals surface area contributed by atoms with Gasteiger partial charge >= 0.3 is 5.97 Å². The summed E-state index contributed by atoms with van der Waals surface area (Å²) >= 11 is 0. The van der Waals surface area contributed by atoms with Crippen LogP contribution in [0.3, 0.4) is 0 Å². The summed E-state index contributed by atoms with van der Waals surface area (Å²) in [5, 5.41) is 7.87. The first-order valence-electron chi connectivity index (χ1n) is 4.14. The zero-order chi connectivity index (χ0) is 10.4. The van der Waals surface area contributed by atoms with Crippen LogP contribution in [0.15, 0.2) is 12.2 Å². The lowest BCUT2D eigenvalue weighted by Crippen LogP contribution is -2.25. The fourth-order valence-electron chi connectivity index (χ4n) is 0.669. The Kier molecular flexibility index (Phi) is 4.99. The van der Waals surface area contributed by atoms with Crippen molar-refractivity contribution in [2.24, 2.45) is 11.7 Å². The highest BCUT2D eigenvalue weighted by Crippen LogP contribution is 2.11. The molecule has 0 amide bonds. The van der Waals surface area contributed by atoms with Crippen LogP contribution in [-0.4, -0.2) is 22.9 Å². The van der Waals surface area contributed by atoms with Gasteiger partial charge in [-0.15, -0.1) is 0 Å². The fourth-order valence-corrected chi connectivity index (χ4v) is 0.669. The molecule has 2 atom stereocenters. The maximum atomic E-state index is 10.5. The van der Waals surface area contributed by atoms with Gasteiger partial charge in [-0.05, 0) is 19.4 Å². The molecule has 0 aromatic heterocycles. The van der Waals surface area contributed by atoms with E-state index in [0.29, 0.717) is 0 Å². The molecule has 0 spiro atoms. The molecule has 1 aliphatic rings. The summed E-state index contributed by atoms with van der Waals surface area (Å²) in [5.41, 5.74) is 4.84. The SMILES string of the molecule is CC1CC=CC1=O.C[C@H](N)C(=O)O. The fraction of sp³-hybridized carbons (Fsp3) is 0.556. The van der Waals surface area contributed by atoms with Crippen LogP contribution in [0.25, 0.3) is 0 Å². The molecule has 0 fully saturated rings. The highest BCUT2D eigenvalue weighted by atomic mass is 16.4. The van der Waals surface area contributed by atoms with Gasteiger partial charge in [-0.25, -0.2) is 0 Å². The van der Waals surface area contributed by atoms with E-state index in [1.165, 1.54) is 6.92 Å². The number of carboxylic acid groups (broad SMARTS) is 1. The summed E-state index contributed by atoms with van der Waals surface area (Å²) in [4.78, 5) is 20.1. The van der Waals surface area contributed by atoms with Crippen molar-refractivity contribution in [2.75, 3.05) is 0 Å². The highest BCUT2D eigenvalue weighted by Gasteiger charge is 2.11. The number of rotatable bonds is 1. The molecule has 1 unspecified atom stereocenters. The van der Waals surface area contributed by atoms with E-state index >= 15 is 0 Å². The molecule has 0 aromatic rings. The summed E-state index contributed by atoms with van der Waals surface area (Å²) in [6, 6.07) is -0.731. The predicted octanol–water partition coefficient (Wildman–Crippen LogP) is 0.570. The van der Waals surface area contributed by atoms with Crippen molar-refractivity contribution in [1.82, 2.24) is 0 Å². The molecule has 0 radical (unpaired) electrons. The first-order chi connectivity index (χ1) is 5.95. The van der Waals surface area contributed by atoms with Gasteiger partial charge in [0.25, 0.3) is 0 Å². The van der Waals surface area contributed by atoms with E-state index in [1.807, 2.05) is 13.0 Å². The van der Waals surface area contributed by atoms with Crippen molar-refractivity contribution >= 4 is 11.8 Å². The van der Waals surface area contributed by atoms with Gasteiger partial charge in [0, 0.05) is 5.92 Å². The van der Waals surface area contributed by atoms with Crippen molar-refractivity contribution in [1.29, 1.82) is 0 Å². The van der Waals surface area contributed by atoms with Crippen LogP contribution in [0.2, 0.25) is 0 Å². The summed E-state index contributed by atoms with van der Waals surface area (Å²) in [6.07, 6.45) is 4.52. The second kappa shape index (κ2) is 5.48. The Morgan fingerprint density at radius 2 is 2.23 bits per heavy atom. The number of nitrogens with two attached hydrogens (primary N) is 1. The zero-order valence-electron chi connectivity index (χ0n) is 7.86. The molecule has 1 rings (SSSR count). The van der Waals surface area contributed by atoms with Crippen LogP contribution in [0.5, 0.6) is 0 Å². The van der Waals surface area contributed by atoms with Gasteiger partial charge in [-0.1, -0.05) is 13.0 Å². The minimum absolute atomic E-state index is 0.264. The molecular formula is C9H15NO3. The minimum atomic E-state index is -0.963. The van der Waals surface area contributed by atoms with Crippen molar-refractivity contribution in [3.05, 3.63) is 12.2 Å². The summed E-state index contributed by atoms with van der Waals surface area (Å²) in [5.74, 6) is -0.421. The molecule has 0 aromatic carbocycles. The monoisotopic (exact) mass is 185 g/mol. The molecule has 74 valence electrons. The molecule has 0 bridgehead atoms. The number of aliphatic carboxylic acids is 1. The third kappa shape index (κ3) is 5.14. The topological polar surface area (TPSA) is 80.4 Å². The van der Waals surface area contributed by atoms with Crippen LogP contribution in [0, 0.1) is 5.92 Å². The van der Waals surface area contributed by atoms with Crippen LogP contribution in [0.1, 0.15) is 20.3 Å². The van der Waals surface area contributed by atoms with Gasteiger partial charge in [0.1, 0.15) is 6.04 Å². The van der Waals surface area contributed by atoms with Crippen LogP contribution in [0.4, 0.5) is 0 Å². The van der Waals surface area contributed by atoms with E-state index in [0.717, 1.165) is 6.42 Å². The molecule has 13 heavy (non-hydrogen) atoms. The highest BCUT2D eigenvalue weighted by molar-refractivity contribution is 5.93. The van der Waals surface area contributed by atoms with Gasteiger partial charge in [0.05, 0.1) is 0 Å². The number of ketones is 1. The first kappa shape index (κ1) is 11.8. The standard InChI is InChI=1S/C6H8O.C3H7NO2/c1-5-3-2-4-6(5)7;1-2(4)3(5)6/h2,4-5H,3H2,1H3;2H,4H2,1H3,(H,5,6)/t;2-/m.0/s1. The van der Waals surface area contributed by atoms with E-state index < -0.39 is 12.0 Å². The van der Waals surface area contributed by atoms with E-state index in [-0.39, 0.29) is 11.7 Å². The Morgan fingerprint density at radius 1 is 1.77 bits per heavy atom. The average Bonchev–Trinajstić information content (AvgIpc) is 2.37. The molecule has 0 saturated carbocycles. The molecule has 0 saturated heterocycles. The lowest BCUT2D eigenvalue weighted by atomic mass is 10.1. The Labute approximate surface area is 77.4 Å². The summed E-state index contributed by atoms with van der Waals surface area (Å²) in [6.45, 7) is 3.37. The van der Waals surface area contributed by atoms with Gasteiger partial charge in [0.2, 0.25) is 0 Å². The second-order valence-corrected chi connectivity index (χ2v) is 3.07. The third-order valence-corrected chi connectivity index (χ3v) is 1.65. The van der Waals surface area contributed by atoms with Crippen molar-refractivity contribution < 1.29 is 14.7 Å². The molecular weight excluding hydrogens is 170 g/mol. The van der Waals surface area contributed by atoms with Gasteiger partial charge in [0.15, 0.2) is 5.78 Å². The van der Waals surface area contributed by atoms with E-state index in [4.69, 9.17) is 10.8 Å². The minimum Gasteiger partial charge on any atom is -0.480 e. The molecule has 0 heterocycles. The molecule has 1 aliphatic carbocycles. The zero-order valence-corrected chi connectivity index (χ0v) is 7.86. The Morgan fingerprint density at radius 3 is 2.31 bits per heavy atom. The Bertz CT molecular complexity index is 221.